The van der Waals surface area contributed by atoms with E-state index in [9.17, 15) is 0 Å². The molecule has 0 saturated heterocycles. The fourth-order valence-electron chi connectivity index (χ4n) is 1.93. The first kappa shape index (κ1) is 13.3. The highest BCUT2D eigenvalue weighted by Gasteiger charge is 2.08. The number of hydrogen-bond donors (Lipinski definition) is 1. The smallest absolute Gasteiger partial charge is 0.127 e. The molecular formula is C14H20N4O. The van der Waals surface area contributed by atoms with Gasteiger partial charge in [0.05, 0.1) is 13.2 Å². The van der Waals surface area contributed by atoms with E-state index in [1.54, 1.807) is 6.20 Å². The van der Waals surface area contributed by atoms with E-state index in [0.717, 1.165) is 23.8 Å². The molecule has 0 atom stereocenters. The largest absolute Gasteiger partial charge is 0.494 e. The van der Waals surface area contributed by atoms with E-state index in [0.29, 0.717) is 12.3 Å². The first-order chi connectivity index (χ1) is 9.10. The summed E-state index contributed by atoms with van der Waals surface area (Å²) in [6.45, 7) is 3.31. The molecule has 1 heterocycles. The van der Waals surface area contributed by atoms with Crippen LogP contribution in [0.5, 0.6) is 5.75 Å². The third kappa shape index (κ3) is 3.19. The predicted octanol–water partition coefficient (Wildman–Crippen LogP) is 2.04. The van der Waals surface area contributed by atoms with Gasteiger partial charge in [-0.05, 0) is 13.0 Å². The van der Waals surface area contributed by atoms with Gasteiger partial charge in [0.15, 0.2) is 0 Å². The first-order valence-electron chi connectivity index (χ1n) is 6.31. The van der Waals surface area contributed by atoms with Gasteiger partial charge in [-0.1, -0.05) is 0 Å². The lowest BCUT2D eigenvalue weighted by molar-refractivity contribution is 0.340. The summed E-state index contributed by atoms with van der Waals surface area (Å²) in [5, 5.41) is 0. The number of nitrogen functional groups attached to an aromatic ring is 1. The average molecular weight is 260 g/mol. The van der Waals surface area contributed by atoms with Crippen molar-refractivity contribution in [2.45, 2.75) is 13.5 Å². The Bertz CT molecular complexity index is 550. The summed E-state index contributed by atoms with van der Waals surface area (Å²) in [5.74, 6) is 1.80. The average Bonchev–Trinajstić information content (AvgIpc) is 2.75. The maximum absolute atomic E-state index is 5.90. The number of aryl methyl sites for hydroxylation is 1. The fourth-order valence-corrected chi connectivity index (χ4v) is 1.93. The molecule has 0 unspecified atom stereocenters. The number of rotatable bonds is 5. The Hall–Kier alpha value is -2.17. The van der Waals surface area contributed by atoms with Crippen molar-refractivity contribution in [3.8, 4) is 5.75 Å². The Morgan fingerprint density at radius 2 is 2.16 bits per heavy atom. The van der Waals surface area contributed by atoms with E-state index in [1.807, 2.05) is 50.0 Å². The van der Waals surface area contributed by atoms with Crippen LogP contribution >= 0.6 is 0 Å². The molecule has 2 N–H and O–H groups in total. The van der Waals surface area contributed by atoms with Crippen LogP contribution in [-0.2, 0) is 13.6 Å². The van der Waals surface area contributed by atoms with Gasteiger partial charge in [0.1, 0.15) is 11.6 Å². The molecule has 5 nitrogen and oxygen atoms in total. The Morgan fingerprint density at radius 3 is 2.79 bits per heavy atom. The highest BCUT2D eigenvalue weighted by atomic mass is 16.5. The molecule has 0 radical (unpaired) electrons. The standard InChI is InChI=1S/C14H20N4O/c1-4-19-13-8-11(15)7-12(9-13)18(3)10-14-16-5-6-17(14)2/h5-9H,4,10,15H2,1-3H3. The van der Waals surface area contributed by atoms with Gasteiger partial charge in [-0.15, -0.1) is 0 Å². The van der Waals surface area contributed by atoms with Gasteiger partial charge in [-0.2, -0.15) is 0 Å². The van der Waals surface area contributed by atoms with Crippen molar-refractivity contribution in [2.75, 3.05) is 24.3 Å². The van der Waals surface area contributed by atoms with Crippen LogP contribution < -0.4 is 15.4 Å². The number of ether oxygens (including phenoxy) is 1. The molecule has 0 fully saturated rings. The Kier molecular flexibility index (Phi) is 3.94. The van der Waals surface area contributed by atoms with Crippen molar-refractivity contribution in [1.29, 1.82) is 0 Å². The van der Waals surface area contributed by atoms with Crippen LogP contribution in [0.15, 0.2) is 30.6 Å². The zero-order valence-corrected chi connectivity index (χ0v) is 11.6. The molecule has 1 aromatic heterocycles. The van der Waals surface area contributed by atoms with E-state index in [1.165, 1.54) is 0 Å². The van der Waals surface area contributed by atoms with E-state index in [2.05, 4.69) is 9.88 Å². The third-order valence-corrected chi connectivity index (χ3v) is 2.96. The SMILES string of the molecule is CCOc1cc(N)cc(N(C)Cc2nccn2C)c1. The number of nitrogens with zero attached hydrogens (tertiary/aromatic N) is 3. The van der Waals surface area contributed by atoms with Crippen LogP contribution in [0.25, 0.3) is 0 Å². The Morgan fingerprint density at radius 1 is 1.37 bits per heavy atom. The quantitative estimate of drug-likeness (QED) is 0.836. The second-order valence-electron chi connectivity index (χ2n) is 4.50. The van der Waals surface area contributed by atoms with Crippen LogP contribution in [0.2, 0.25) is 0 Å². The zero-order valence-electron chi connectivity index (χ0n) is 11.6. The molecule has 0 aliphatic rings. The molecule has 0 aliphatic heterocycles. The summed E-state index contributed by atoms with van der Waals surface area (Å²) < 4.78 is 7.52. The lowest BCUT2D eigenvalue weighted by atomic mass is 10.2. The zero-order chi connectivity index (χ0) is 13.8. The maximum atomic E-state index is 5.90. The lowest BCUT2D eigenvalue weighted by Crippen LogP contribution is -2.19. The molecule has 0 spiro atoms. The first-order valence-corrected chi connectivity index (χ1v) is 6.31. The van der Waals surface area contributed by atoms with Crippen molar-refractivity contribution in [2.24, 2.45) is 7.05 Å². The molecular weight excluding hydrogens is 240 g/mol. The summed E-state index contributed by atoms with van der Waals surface area (Å²) in [6, 6.07) is 5.76. The van der Waals surface area contributed by atoms with Crippen LogP contribution in [0.3, 0.4) is 0 Å². The number of nitrogens with two attached hydrogens (primary N) is 1. The van der Waals surface area contributed by atoms with Gasteiger partial charge in [-0.25, -0.2) is 4.98 Å². The molecule has 0 saturated carbocycles. The van der Waals surface area contributed by atoms with Gasteiger partial charge >= 0.3 is 0 Å². The third-order valence-electron chi connectivity index (χ3n) is 2.96. The predicted molar refractivity (Wildman–Crippen MR) is 77.3 cm³/mol. The minimum atomic E-state index is 0.631. The summed E-state index contributed by atoms with van der Waals surface area (Å²) in [6.07, 6.45) is 3.74. The minimum absolute atomic E-state index is 0.631. The Balaban J connectivity index is 2.18. The number of aromatic nitrogens is 2. The van der Waals surface area contributed by atoms with Crippen molar-refractivity contribution in [1.82, 2.24) is 9.55 Å². The summed E-state index contributed by atoms with van der Waals surface area (Å²) in [4.78, 5) is 6.42. The minimum Gasteiger partial charge on any atom is -0.494 e. The highest BCUT2D eigenvalue weighted by molar-refractivity contribution is 5.60. The number of benzene rings is 1. The highest BCUT2D eigenvalue weighted by Crippen LogP contribution is 2.25. The van der Waals surface area contributed by atoms with Gasteiger partial charge in [0.2, 0.25) is 0 Å². The molecule has 0 bridgehead atoms. The summed E-state index contributed by atoms with van der Waals surface area (Å²) >= 11 is 0. The fraction of sp³-hybridized carbons (Fsp3) is 0.357. The van der Waals surface area contributed by atoms with Crippen molar-refractivity contribution in [3.63, 3.8) is 0 Å². The van der Waals surface area contributed by atoms with E-state index >= 15 is 0 Å². The van der Waals surface area contributed by atoms with Gasteiger partial charge in [0, 0.05) is 50.0 Å². The molecule has 102 valence electrons. The van der Waals surface area contributed by atoms with Crippen molar-refractivity contribution in [3.05, 3.63) is 36.4 Å². The second-order valence-corrected chi connectivity index (χ2v) is 4.50. The van der Waals surface area contributed by atoms with Crippen molar-refractivity contribution >= 4 is 11.4 Å². The van der Waals surface area contributed by atoms with E-state index in [4.69, 9.17) is 10.5 Å². The monoisotopic (exact) mass is 260 g/mol. The molecule has 0 aliphatic carbocycles. The van der Waals surface area contributed by atoms with E-state index in [-0.39, 0.29) is 0 Å². The normalized spacial score (nSPS) is 10.5. The molecule has 5 heteroatoms. The van der Waals surface area contributed by atoms with E-state index < -0.39 is 0 Å². The van der Waals surface area contributed by atoms with Gasteiger partial charge < -0.3 is 19.9 Å². The molecule has 0 amide bonds. The van der Waals surface area contributed by atoms with Crippen LogP contribution in [0, 0.1) is 0 Å². The summed E-state index contributed by atoms with van der Waals surface area (Å²) in [5.41, 5.74) is 7.62. The van der Waals surface area contributed by atoms with Crippen LogP contribution in [0.1, 0.15) is 12.7 Å². The number of anilines is 2. The molecule has 1 aromatic carbocycles. The number of hydrogen-bond acceptors (Lipinski definition) is 4. The van der Waals surface area contributed by atoms with Gasteiger partial charge in [-0.3, -0.25) is 0 Å². The topological polar surface area (TPSA) is 56.3 Å². The lowest BCUT2D eigenvalue weighted by Gasteiger charge is -2.20. The number of imidazole rings is 1. The summed E-state index contributed by atoms with van der Waals surface area (Å²) in [7, 11) is 4.00. The maximum Gasteiger partial charge on any atom is 0.127 e. The van der Waals surface area contributed by atoms with Crippen LogP contribution in [0.4, 0.5) is 11.4 Å². The second kappa shape index (κ2) is 5.65. The van der Waals surface area contributed by atoms with Crippen LogP contribution in [-0.4, -0.2) is 23.2 Å². The van der Waals surface area contributed by atoms with Crippen molar-refractivity contribution < 1.29 is 4.74 Å². The Labute approximate surface area is 113 Å². The molecule has 2 aromatic rings. The molecule has 2 rings (SSSR count). The van der Waals surface area contributed by atoms with Gasteiger partial charge in [0.25, 0.3) is 0 Å². The molecule has 19 heavy (non-hydrogen) atoms.